The van der Waals surface area contributed by atoms with Gasteiger partial charge in [0.15, 0.2) is 0 Å². The van der Waals surface area contributed by atoms with E-state index in [0.29, 0.717) is 13.1 Å². The van der Waals surface area contributed by atoms with Crippen LogP contribution in [0.5, 0.6) is 0 Å². The second kappa shape index (κ2) is 5.47. The highest BCUT2D eigenvalue weighted by Gasteiger charge is 2.26. The lowest BCUT2D eigenvalue weighted by Crippen LogP contribution is -2.50. The lowest BCUT2D eigenvalue weighted by molar-refractivity contribution is 0.0240. The van der Waals surface area contributed by atoms with Crippen molar-refractivity contribution < 1.29 is 9.53 Å². The van der Waals surface area contributed by atoms with Gasteiger partial charge in [-0.05, 0) is 32.9 Å². The number of ether oxygens (including phenoxy) is 1. The van der Waals surface area contributed by atoms with Gasteiger partial charge in [-0.3, -0.25) is 0 Å². The molecule has 0 spiro atoms. The molecule has 1 radical (unpaired) electrons. The molecule has 2 rings (SSSR count). The van der Waals surface area contributed by atoms with Crippen molar-refractivity contribution in [2.75, 3.05) is 31.1 Å². The first-order valence-electron chi connectivity index (χ1n) is 6.51. The minimum atomic E-state index is -0.439. The molecule has 1 amide bonds. The molecule has 19 heavy (non-hydrogen) atoms. The molecule has 0 unspecified atom stereocenters. The number of nitrogens with zero attached hydrogens (tertiary/aromatic N) is 3. The van der Waals surface area contributed by atoms with E-state index in [1.165, 1.54) is 0 Å². The zero-order valence-corrected chi connectivity index (χ0v) is 11.7. The van der Waals surface area contributed by atoms with Crippen LogP contribution in [0.3, 0.4) is 0 Å². The molecule has 0 atom stereocenters. The highest BCUT2D eigenvalue weighted by Crippen LogP contribution is 2.15. The van der Waals surface area contributed by atoms with Crippen LogP contribution in [0, 0.1) is 6.07 Å². The SMILES string of the molecule is CC(C)(C)OC(=O)N1CCN(c2cc[c]cn2)CC1. The minimum absolute atomic E-state index is 0.235. The van der Waals surface area contributed by atoms with Crippen LogP contribution >= 0.6 is 0 Å². The van der Waals surface area contributed by atoms with Gasteiger partial charge in [-0.15, -0.1) is 0 Å². The first-order chi connectivity index (χ1) is 8.96. The van der Waals surface area contributed by atoms with Crippen molar-refractivity contribution in [1.29, 1.82) is 0 Å². The van der Waals surface area contributed by atoms with E-state index in [9.17, 15) is 4.79 Å². The van der Waals surface area contributed by atoms with Crippen LogP contribution in [0.25, 0.3) is 0 Å². The summed E-state index contributed by atoms with van der Waals surface area (Å²) >= 11 is 0. The van der Waals surface area contributed by atoms with E-state index in [1.54, 1.807) is 11.1 Å². The Balaban J connectivity index is 1.88. The fourth-order valence-electron chi connectivity index (χ4n) is 1.94. The summed E-state index contributed by atoms with van der Waals surface area (Å²) in [5.41, 5.74) is -0.439. The average molecular weight is 262 g/mol. The number of anilines is 1. The number of amides is 1. The Morgan fingerprint density at radius 3 is 2.53 bits per heavy atom. The Hall–Kier alpha value is -1.78. The monoisotopic (exact) mass is 262 g/mol. The van der Waals surface area contributed by atoms with Gasteiger partial charge in [-0.2, -0.15) is 0 Å². The van der Waals surface area contributed by atoms with Gasteiger partial charge >= 0.3 is 6.09 Å². The van der Waals surface area contributed by atoms with Crippen LogP contribution in [0.1, 0.15) is 20.8 Å². The van der Waals surface area contributed by atoms with Crippen molar-refractivity contribution in [3.63, 3.8) is 0 Å². The topological polar surface area (TPSA) is 45.7 Å². The summed E-state index contributed by atoms with van der Waals surface area (Å²) in [7, 11) is 0. The molecular weight excluding hydrogens is 242 g/mol. The third-order valence-corrected chi connectivity index (χ3v) is 2.86. The molecule has 5 nitrogen and oxygen atoms in total. The number of hydrogen-bond acceptors (Lipinski definition) is 4. The number of hydrogen-bond donors (Lipinski definition) is 0. The van der Waals surface area contributed by atoms with Crippen molar-refractivity contribution in [3.8, 4) is 0 Å². The van der Waals surface area contributed by atoms with Gasteiger partial charge in [0.1, 0.15) is 11.4 Å². The highest BCUT2D eigenvalue weighted by molar-refractivity contribution is 5.68. The molecule has 0 saturated carbocycles. The number of rotatable bonds is 1. The first-order valence-corrected chi connectivity index (χ1v) is 6.51. The lowest BCUT2D eigenvalue weighted by Gasteiger charge is -2.36. The van der Waals surface area contributed by atoms with Gasteiger partial charge in [0.2, 0.25) is 0 Å². The molecule has 1 fully saturated rings. The van der Waals surface area contributed by atoms with Crippen LogP contribution in [-0.4, -0.2) is 47.8 Å². The van der Waals surface area contributed by atoms with Crippen molar-refractivity contribution in [3.05, 3.63) is 24.4 Å². The summed E-state index contributed by atoms with van der Waals surface area (Å²) in [6.45, 7) is 8.51. The van der Waals surface area contributed by atoms with Crippen LogP contribution in [0.4, 0.5) is 10.6 Å². The van der Waals surface area contributed by atoms with Crippen molar-refractivity contribution in [1.82, 2.24) is 9.88 Å². The second-order valence-corrected chi connectivity index (χ2v) is 5.57. The molecule has 1 aliphatic heterocycles. The zero-order valence-electron chi connectivity index (χ0n) is 11.7. The van der Waals surface area contributed by atoms with Crippen LogP contribution in [0.15, 0.2) is 18.3 Å². The Kier molecular flexibility index (Phi) is 3.93. The summed E-state index contributed by atoms with van der Waals surface area (Å²) in [5.74, 6) is 0.933. The zero-order chi connectivity index (χ0) is 13.9. The molecule has 0 bridgehead atoms. The molecule has 1 aromatic rings. The van der Waals surface area contributed by atoms with E-state index in [1.807, 2.05) is 32.9 Å². The van der Waals surface area contributed by atoms with E-state index < -0.39 is 5.60 Å². The quantitative estimate of drug-likeness (QED) is 0.776. The number of carbonyl (C=O) groups excluding carboxylic acids is 1. The third kappa shape index (κ3) is 3.84. The standard InChI is InChI=1S/C14H20N3O2/c1-14(2,3)19-13(18)17-10-8-16(9-11-17)12-6-4-5-7-15-12/h4,6-7H,8-11H2,1-3H3. The fourth-order valence-corrected chi connectivity index (χ4v) is 1.94. The van der Waals surface area contributed by atoms with Crippen LogP contribution in [-0.2, 0) is 4.74 Å². The molecule has 1 aliphatic rings. The molecule has 0 aromatic carbocycles. The maximum absolute atomic E-state index is 11.9. The van der Waals surface area contributed by atoms with Gasteiger partial charge < -0.3 is 14.5 Å². The summed E-state index contributed by atoms with van der Waals surface area (Å²) in [6.07, 6.45) is 1.43. The third-order valence-electron chi connectivity index (χ3n) is 2.86. The molecule has 2 heterocycles. The van der Waals surface area contributed by atoms with Gasteiger partial charge in [-0.1, -0.05) is 0 Å². The summed E-state index contributed by atoms with van der Waals surface area (Å²) in [6, 6.07) is 6.69. The lowest BCUT2D eigenvalue weighted by atomic mass is 10.2. The van der Waals surface area contributed by atoms with E-state index in [2.05, 4.69) is 16.0 Å². The Bertz CT molecular complexity index is 420. The van der Waals surface area contributed by atoms with Gasteiger partial charge in [-0.25, -0.2) is 9.78 Å². The minimum Gasteiger partial charge on any atom is -0.444 e. The molecule has 103 valence electrons. The van der Waals surface area contributed by atoms with E-state index in [0.717, 1.165) is 18.9 Å². The predicted octanol–water partition coefficient (Wildman–Crippen LogP) is 1.94. The molecule has 0 aliphatic carbocycles. The highest BCUT2D eigenvalue weighted by atomic mass is 16.6. The smallest absolute Gasteiger partial charge is 0.410 e. The fraction of sp³-hybridized carbons (Fsp3) is 0.571. The van der Waals surface area contributed by atoms with Crippen LogP contribution in [0.2, 0.25) is 0 Å². The number of piperazine rings is 1. The number of pyridine rings is 1. The van der Waals surface area contributed by atoms with Gasteiger partial charge in [0.25, 0.3) is 0 Å². The average Bonchev–Trinajstić information content (AvgIpc) is 2.38. The first kappa shape index (κ1) is 13.6. The Morgan fingerprint density at radius 2 is 2.00 bits per heavy atom. The van der Waals surface area contributed by atoms with Crippen LogP contribution < -0.4 is 4.90 Å². The maximum Gasteiger partial charge on any atom is 0.410 e. The van der Waals surface area contributed by atoms with Crippen molar-refractivity contribution in [2.24, 2.45) is 0 Å². The second-order valence-electron chi connectivity index (χ2n) is 5.57. The Morgan fingerprint density at radius 1 is 1.32 bits per heavy atom. The van der Waals surface area contributed by atoms with E-state index in [4.69, 9.17) is 4.74 Å². The summed E-state index contributed by atoms with van der Waals surface area (Å²) in [4.78, 5) is 20.1. The molecule has 0 N–H and O–H groups in total. The molecule has 5 heteroatoms. The number of aromatic nitrogens is 1. The largest absolute Gasteiger partial charge is 0.444 e. The van der Waals surface area contributed by atoms with Gasteiger partial charge in [0.05, 0.1) is 0 Å². The molecule has 1 saturated heterocycles. The predicted molar refractivity (Wildman–Crippen MR) is 73.1 cm³/mol. The summed E-state index contributed by atoms with van der Waals surface area (Å²) in [5, 5.41) is 0. The van der Waals surface area contributed by atoms with Crippen molar-refractivity contribution in [2.45, 2.75) is 26.4 Å². The number of carbonyl (C=O) groups is 1. The van der Waals surface area contributed by atoms with Gasteiger partial charge in [0, 0.05) is 38.4 Å². The normalized spacial score (nSPS) is 16.4. The molecule has 1 aromatic heterocycles. The van der Waals surface area contributed by atoms with E-state index in [-0.39, 0.29) is 6.09 Å². The summed E-state index contributed by atoms with van der Waals surface area (Å²) < 4.78 is 5.37. The Labute approximate surface area is 114 Å². The molecular formula is C14H20N3O2. The maximum atomic E-state index is 11.9. The van der Waals surface area contributed by atoms with Crippen molar-refractivity contribution >= 4 is 11.9 Å². The van der Waals surface area contributed by atoms with E-state index >= 15 is 0 Å².